The van der Waals surface area contributed by atoms with Crippen LogP contribution < -0.4 is 10.6 Å². The van der Waals surface area contributed by atoms with Gasteiger partial charge in [-0.15, -0.1) is 0 Å². The van der Waals surface area contributed by atoms with E-state index >= 15 is 0 Å². The molecule has 1 saturated carbocycles. The third-order valence-corrected chi connectivity index (χ3v) is 3.96. The van der Waals surface area contributed by atoms with Gasteiger partial charge in [0.2, 0.25) is 5.91 Å². The molecule has 1 aromatic carbocycles. The molecule has 1 aromatic rings. The summed E-state index contributed by atoms with van der Waals surface area (Å²) in [5, 5.41) is 13.9. The molecular formula is C17H21N3O3. The summed E-state index contributed by atoms with van der Waals surface area (Å²) >= 11 is 0. The van der Waals surface area contributed by atoms with Crippen LogP contribution in [0.3, 0.4) is 0 Å². The summed E-state index contributed by atoms with van der Waals surface area (Å²) in [6.07, 6.45) is 2.85. The predicted molar refractivity (Wildman–Crippen MR) is 84.1 cm³/mol. The molecule has 2 atom stereocenters. The van der Waals surface area contributed by atoms with Gasteiger partial charge in [0.25, 0.3) is 0 Å². The van der Waals surface area contributed by atoms with Crippen molar-refractivity contribution in [2.45, 2.75) is 38.3 Å². The lowest BCUT2D eigenvalue weighted by Crippen LogP contribution is -2.48. The smallest absolute Gasteiger partial charge is 0.407 e. The fraction of sp³-hybridized carbons (Fsp3) is 0.471. The molecule has 1 aliphatic rings. The SMILES string of the molecule is N#CCNC(=O)C1CCCCC1NC(=O)OCc1ccccc1. The molecule has 2 amide bonds. The van der Waals surface area contributed by atoms with Crippen molar-refractivity contribution in [1.82, 2.24) is 10.6 Å². The minimum Gasteiger partial charge on any atom is -0.445 e. The van der Waals surface area contributed by atoms with Gasteiger partial charge >= 0.3 is 6.09 Å². The number of benzene rings is 1. The van der Waals surface area contributed by atoms with Crippen molar-refractivity contribution in [2.75, 3.05) is 6.54 Å². The van der Waals surface area contributed by atoms with Crippen LogP contribution in [0.2, 0.25) is 0 Å². The summed E-state index contributed by atoms with van der Waals surface area (Å²) in [7, 11) is 0. The van der Waals surface area contributed by atoms with Crippen LogP contribution in [-0.2, 0) is 16.1 Å². The molecule has 23 heavy (non-hydrogen) atoms. The quantitative estimate of drug-likeness (QED) is 0.814. The summed E-state index contributed by atoms with van der Waals surface area (Å²) in [6.45, 7) is 0.186. The number of hydrogen-bond donors (Lipinski definition) is 2. The third-order valence-electron chi connectivity index (χ3n) is 3.96. The summed E-state index contributed by atoms with van der Waals surface area (Å²) in [5.41, 5.74) is 0.912. The minimum atomic E-state index is -0.515. The zero-order chi connectivity index (χ0) is 16.5. The number of ether oxygens (including phenoxy) is 1. The highest BCUT2D eigenvalue weighted by Gasteiger charge is 2.32. The van der Waals surface area contributed by atoms with Gasteiger partial charge in [0.15, 0.2) is 0 Å². The second-order valence-corrected chi connectivity index (χ2v) is 5.58. The lowest BCUT2D eigenvalue weighted by molar-refractivity contribution is -0.126. The normalized spacial score (nSPS) is 20.1. The van der Waals surface area contributed by atoms with Crippen LogP contribution in [0.25, 0.3) is 0 Å². The Morgan fingerprint density at radius 2 is 1.96 bits per heavy atom. The molecule has 2 unspecified atom stereocenters. The molecule has 2 rings (SSSR count). The number of carbonyl (C=O) groups is 2. The van der Waals surface area contributed by atoms with Gasteiger partial charge < -0.3 is 15.4 Å². The Morgan fingerprint density at radius 1 is 1.22 bits per heavy atom. The van der Waals surface area contributed by atoms with Crippen LogP contribution in [-0.4, -0.2) is 24.6 Å². The van der Waals surface area contributed by atoms with Crippen LogP contribution >= 0.6 is 0 Å². The van der Waals surface area contributed by atoms with E-state index in [2.05, 4.69) is 10.6 Å². The number of amides is 2. The Labute approximate surface area is 135 Å². The van der Waals surface area contributed by atoms with Crippen LogP contribution in [0.1, 0.15) is 31.2 Å². The number of hydrogen-bond acceptors (Lipinski definition) is 4. The number of alkyl carbamates (subject to hydrolysis) is 1. The average Bonchev–Trinajstić information content (AvgIpc) is 2.59. The number of rotatable bonds is 5. The van der Waals surface area contributed by atoms with E-state index in [1.807, 2.05) is 36.4 Å². The molecule has 0 aliphatic heterocycles. The Balaban J connectivity index is 1.84. The lowest BCUT2D eigenvalue weighted by atomic mass is 9.84. The van der Waals surface area contributed by atoms with Crippen molar-refractivity contribution >= 4 is 12.0 Å². The molecule has 6 nitrogen and oxygen atoms in total. The van der Waals surface area contributed by atoms with Crippen LogP contribution in [0.5, 0.6) is 0 Å². The van der Waals surface area contributed by atoms with Crippen molar-refractivity contribution in [2.24, 2.45) is 5.92 Å². The van der Waals surface area contributed by atoms with Crippen molar-refractivity contribution in [3.63, 3.8) is 0 Å². The van der Waals surface area contributed by atoms with E-state index in [9.17, 15) is 9.59 Å². The first kappa shape index (κ1) is 16.8. The molecular weight excluding hydrogens is 294 g/mol. The van der Waals surface area contributed by atoms with E-state index in [1.165, 1.54) is 0 Å². The van der Waals surface area contributed by atoms with Gasteiger partial charge in [0.05, 0.1) is 12.0 Å². The Kier molecular flexibility index (Phi) is 6.42. The average molecular weight is 315 g/mol. The van der Waals surface area contributed by atoms with E-state index in [1.54, 1.807) is 0 Å². The van der Waals surface area contributed by atoms with E-state index in [-0.39, 0.29) is 31.0 Å². The van der Waals surface area contributed by atoms with Crippen molar-refractivity contribution in [3.05, 3.63) is 35.9 Å². The Hall–Kier alpha value is -2.55. The summed E-state index contributed by atoms with van der Waals surface area (Å²) in [4.78, 5) is 24.0. The maximum Gasteiger partial charge on any atom is 0.407 e. The predicted octanol–water partition coefficient (Wildman–Crippen LogP) is 2.11. The highest BCUT2D eigenvalue weighted by Crippen LogP contribution is 2.24. The van der Waals surface area contributed by atoms with Crippen molar-refractivity contribution in [3.8, 4) is 6.07 Å². The first-order valence-corrected chi connectivity index (χ1v) is 7.82. The zero-order valence-corrected chi connectivity index (χ0v) is 13.0. The van der Waals surface area contributed by atoms with Gasteiger partial charge in [0.1, 0.15) is 13.2 Å². The molecule has 0 saturated heterocycles. The van der Waals surface area contributed by atoms with Gasteiger partial charge in [-0.1, -0.05) is 43.2 Å². The largest absolute Gasteiger partial charge is 0.445 e. The van der Waals surface area contributed by atoms with Gasteiger partial charge in [-0.25, -0.2) is 4.79 Å². The summed E-state index contributed by atoms with van der Waals surface area (Å²) in [5.74, 6) is -0.485. The molecule has 1 fully saturated rings. The molecule has 0 aromatic heterocycles. The first-order valence-electron chi connectivity index (χ1n) is 7.82. The fourth-order valence-corrected chi connectivity index (χ4v) is 2.79. The molecule has 2 N–H and O–H groups in total. The minimum absolute atomic E-state index is 0.0134. The fourth-order valence-electron chi connectivity index (χ4n) is 2.79. The maximum absolute atomic E-state index is 12.1. The second-order valence-electron chi connectivity index (χ2n) is 5.58. The monoisotopic (exact) mass is 315 g/mol. The third kappa shape index (κ3) is 5.29. The molecule has 6 heteroatoms. The van der Waals surface area contributed by atoms with Crippen molar-refractivity contribution < 1.29 is 14.3 Å². The van der Waals surface area contributed by atoms with Gasteiger partial charge in [0, 0.05) is 6.04 Å². The standard InChI is InChI=1S/C17H21N3O3/c18-10-11-19-16(21)14-8-4-5-9-15(14)20-17(22)23-12-13-6-2-1-3-7-13/h1-3,6-7,14-15H,4-5,8-9,11-12H2,(H,19,21)(H,20,22). The topological polar surface area (TPSA) is 91.2 Å². The highest BCUT2D eigenvalue weighted by atomic mass is 16.5. The summed E-state index contributed by atoms with van der Waals surface area (Å²) in [6, 6.07) is 11.1. The van der Waals surface area contributed by atoms with Crippen LogP contribution in [0.15, 0.2) is 30.3 Å². The second kappa shape index (κ2) is 8.79. The number of carbonyl (C=O) groups excluding carboxylic acids is 2. The highest BCUT2D eigenvalue weighted by molar-refractivity contribution is 5.80. The van der Waals surface area contributed by atoms with E-state index < -0.39 is 6.09 Å². The number of nitrogens with zero attached hydrogens (tertiary/aromatic N) is 1. The van der Waals surface area contributed by atoms with E-state index in [4.69, 9.17) is 10.00 Å². The maximum atomic E-state index is 12.1. The van der Waals surface area contributed by atoms with Crippen LogP contribution in [0, 0.1) is 17.2 Å². The van der Waals surface area contributed by atoms with E-state index in [0.29, 0.717) is 6.42 Å². The molecule has 0 radical (unpaired) electrons. The summed E-state index contributed by atoms with van der Waals surface area (Å²) < 4.78 is 5.21. The van der Waals surface area contributed by atoms with Gasteiger partial charge in [-0.2, -0.15) is 5.26 Å². The Bertz CT molecular complexity index is 568. The van der Waals surface area contributed by atoms with E-state index in [0.717, 1.165) is 24.8 Å². The van der Waals surface area contributed by atoms with Crippen LogP contribution in [0.4, 0.5) is 4.79 Å². The molecule has 0 heterocycles. The molecule has 0 bridgehead atoms. The van der Waals surface area contributed by atoms with Crippen molar-refractivity contribution in [1.29, 1.82) is 5.26 Å². The first-order chi connectivity index (χ1) is 11.2. The molecule has 122 valence electrons. The zero-order valence-electron chi connectivity index (χ0n) is 13.0. The lowest BCUT2D eigenvalue weighted by Gasteiger charge is -2.30. The molecule has 1 aliphatic carbocycles. The van der Waals surface area contributed by atoms with Gasteiger partial charge in [-0.05, 0) is 18.4 Å². The number of nitrogens with one attached hydrogen (secondary N) is 2. The Morgan fingerprint density at radius 3 is 2.70 bits per heavy atom. The van der Waals surface area contributed by atoms with Gasteiger partial charge in [-0.3, -0.25) is 4.79 Å². The number of nitriles is 1. The molecule has 0 spiro atoms.